The van der Waals surface area contributed by atoms with Crippen LogP contribution in [0.2, 0.25) is 5.02 Å². The van der Waals surface area contributed by atoms with Gasteiger partial charge in [-0.05, 0) is 30.7 Å². The first-order chi connectivity index (χ1) is 12.5. The van der Waals surface area contributed by atoms with Crippen LogP contribution in [0.1, 0.15) is 29.5 Å². The largest absolute Gasteiger partial charge is 0.326 e. The van der Waals surface area contributed by atoms with Crippen LogP contribution in [0, 0.1) is 6.92 Å². The van der Waals surface area contributed by atoms with Gasteiger partial charge in [-0.15, -0.1) is 0 Å². The number of amides is 1. The Balaban J connectivity index is 1.45. The van der Waals surface area contributed by atoms with Crippen LogP contribution in [-0.2, 0) is 11.3 Å². The first kappa shape index (κ1) is 17.3. The normalized spacial score (nSPS) is 19.5. The van der Waals surface area contributed by atoms with Crippen LogP contribution < -0.4 is 5.32 Å². The van der Waals surface area contributed by atoms with Crippen molar-refractivity contribution in [1.82, 2.24) is 10.2 Å². The van der Waals surface area contributed by atoms with Gasteiger partial charge >= 0.3 is 0 Å². The van der Waals surface area contributed by atoms with E-state index in [1.165, 1.54) is 5.56 Å². The van der Waals surface area contributed by atoms with E-state index in [1.54, 1.807) is 0 Å². The fourth-order valence-electron chi connectivity index (χ4n) is 3.72. The van der Waals surface area contributed by atoms with E-state index in [2.05, 4.69) is 22.3 Å². The first-order valence-electron chi connectivity index (χ1n) is 8.99. The number of benzene rings is 2. The lowest BCUT2D eigenvalue weighted by atomic mass is 9.97. The molecule has 0 bridgehead atoms. The van der Waals surface area contributed by atoms with Crippen molar-refractivity contribution in [3.63, 3.8) is 0 Å². The standard InChI is InChI=1S/C21H22ClN3O/c1-15-3-2-4-17(13-15)19-20(26)24-21(23-19)9-11-25(12-10-21)14-16-5-7-18(22)8-6-16/h2-8,13H,9-12,14H2,1H3,(H,24,26). The Labute approximate surface area is 158 Å². The Kier molecular flexibility index (Phi) is 4.55. The summed E-state index contributed by atoms with van der Waals surface area (Å²) in [7, 11) is 0. The summed E-state index contributed by atoms with van der Waals surface area (Å²) in [6.45, 7) is 4.75. The molecule has 1 spiro atoms. The second-order valence-electron chi connectivity index (χ2n) is 7.22. The zero-order chi connectivity index (χ0) is 18.1. The van der Waals surface area contributed by atoms with Crippen molar-refractivity contribution in [2.45, 2.75) is 32.0 Å². The molecule has 2 aliphatic heterocycles. The van der Waals surface area contributed by atoms with E-state index in [-0.39, 0.29) is 5.91 Å². The van der Waals surface area contributed by atoms with Gasteiger partial charge in [0.15, 0.2) is 0 Å². The van der Waals surface area contributed by atoms with Gasteiger partial charge < -0.3 is 5.32 Å². The van der Waals surface area contributed by atoms with Gasteiger partial charge in [0, 0.05) is 43.1 Å². The van der Waals surface area contributed by atoms with Gasteiger partial charge in [0.25, 0.3) is 5.91 Å². The Hall–Kier alpha value is -2.17. The molecule has 134 valence electrons. The van der Waals surface area contributed by atoms with E-state index < -0.39 is 5.66 Å². The summed E-state index contributed by atoms with van der Waals surface area (Å²) in [6.07, 6.45) is 1.67. The average molecular weight is 368 g/mol. The summed E-state index contributed by atoms with van der Waals surface area (Å²) in [5, 5.41) is 3.90. The first-order valence-corrected chi connectivity index (χ1v) is 9.37. The number of rotatable bonds is 3. The highest BCUT2D eigenvalue weighted by Gasteiger charge is 2.41. The molecule has 1 saturated heterocycles. The predicted molar refractivity (Wildman–Crippen MR) is 105 cm³/mol. The number of piperidine rings is 1. The van der Waals surface area contributed by atoms with E-state index in [9.17, 15) is 4.79 Å². The molecule has 2 aliphatic rings. The SMILES string of the molecule is Cc1cccc(C2=NC3(CCN(Cc4ccc(Cl)cc4)CC3)NC2=O)c1. The topological polar surface area (TPSA) is 44.7 Å². The molecule has 0 saturated carbocycles. The molecule has 26 heavy (non-hydrogen) atoms. The van der Waals surface area contributed by atoms with Gasteiger partial charge in [-0.3, -0.25) is 14.7 Å². The maximum Gasteiger partial charge on any atom is 0.272 e. The highest BCUT2D eigenvalue weighted by atomic mass is 35.5. The van der Waals surface area contributed by atoms with E-state index in [0.29, 0.717) is 5.71 Å². The second kappa shape index (κ2) is 6.86. The van der Waals surface area contributed by atoms with E-state index in [4.69, 9.17) is 16.6 Å². The highest BCUT2D eigenvalue weighted by molar-refractivity contribution is 6.46. The van der Waals surface area contributed by atoms with Crippen molar-refractivity contribution in [2.24, 2.45) is 4.99 Å². The number of nitrogens with one attached hydrogen (secondary N) is 1. The quantitative estimate of drug-likeness (QED) is 0.901. The Morgan fingerprint density at radius 2 is 1.88 bits per heavy atom. The maximum absolute atomic E-state index is 12.5. The fourth-order valence-corrected chi connectivity index (χ4v) is 3.84. The fraction of sp³-hybridized carbons (Fsp3) is 0.333. The summed E-state index contributed by atoms with van der Waals surface area (Å²) in [6, 6.07) is 16.0. The molecule has 2 heterocycles. The molecule has 0 radical (unpaired) electrons. The van der Waals surface area contributed by atoms with Gasteiger partial charge in [0.2, 0.25) is 0 Å². The molecule has 4 rings (SSSR count). The maximum atomic E-state index is 12.5. The van der Waals surface area contributed by atoms with Gasteiger partial charge in [-0.25, -0.2) is 0 Å². The molecule has 2 aromatic carbocycles. The number of aliphatic imine (C=N–C) groups is 1. The minimum absolute atomic E-state index is 0.0539. The van der Waals surface area contributed by atoms with Crippen LogP contribution in [0.25, 0.3) is 0 Å². The third kappa shape index (κ3) is 3.53. The van der Waals surface area contributed by atoms with Crippen molar-refractivity contribution >= 4 is 23.2 Å². The number of hydrogen-bond donors (Lipinski definition) is 1. The predicted octanol–water partition coefficient (Wildman–Crippen LogP) is 3.56. The average Bonchev–Trinajstić information content (AvgIpc) is 2.95. The van der Waals surface area contributed by atoms with Crippen molar-refractivity contribution in [2.75, 3.05) is 13.1 Å². The summed E-state index contributed by atoms with van der Waals surface area (Å²) < 4.78 is 0. The number of carbonyl (C=O) groups is 1. The molecule has 1 fully saturated rings. The lowest BCUT2D eigenvalue weighted by molar-refractivity contribution is -0.115. The lowest BCUT2D eigenvalue weighted by Crippen LogP contribution is -2.50. The van der Waals surface area contributed by atoms with Crippen LogP contribution in [0.15, 0.2) is 53.5 Å². The summed E-state index contributed by atoms with van der Waals surface area (Å²) in [4.78, 5) is 19.7. The summed E-state index contributed by atoms with van der Waals surface area (Å²) >= 11 is 5.96. The van der Waals surface area contributed by atoms with Gasteiger partial charge in [-0.2, -0.15) is 0 Å². The zero-order valence-electron chi connectivity index (χ0n) is 14.8. The van der Waals surface area contributed by atoms with E-state index >= 15 is 0 Å². The summed E-state index contributed by atoms with van der Waals surface area (Å²) in [5.41, 5.74) is 3.43. The van der Waals surface area contributed by atoms with E-state index in [0.717, 1.165) is 48.6 Å². The number of hydrogen-bond acceptors (Lipinski definition) is 3. The van der Waals surface area contributed by atoms with Crippen LogP contribution >= 0.6 is 11.6 Å². The van der Waals surface area contributed by atoms with Crippen LogP contribution in [0.5, 0.6) is 0 Å². The number of carbonyl (C=O) groups excluding carboxylic acids is 1. The smallest absolute Gasteiger partial charge is 0.272 e. The van der Waals surface area contributed by atoms with Crippen LogP contribution in [0.3, 0.4) is 0 Å². The second-order valence-corrected chi connectivity index (χ2v) is 7.65. The molecule has 0 atom stereocenters. The molecular formula is C21H22ClN3O. The van der Waals surface area contributed by atoms with Crippen LogP contribution in [0.4, 0.5) is 0 Å². The third-order valence-electron chi connectivity index (χ3n) is 5.18. The number of halogens is 1. The number of likely N-dealkylation sites (tertiary alicyclic amines) is 1. The van der Waals surface area contributed by atoms with Crippen molar-refractivity contribution in [3.8, 4) is 0 Å². The zero-order valence-corrected chi connectivity index (χ0v) is 15.6. The highest BCUT2D eigenvalue weighted by Crippen LogP contribution is 2.29. The Bertz CT molecular complexity index is 852. The molecule has 4 nitrogen and oxygen atoms in total. The molecule has 1 N–H and O–H groups in total. The molecular weight excluding hydrogens is 346 g/mol. The molecule has 1 amide bonds. The molecule has 0 aromatic heterocycles. The minimum atomic E-state index is -0.438. The third-order valence-corrected chi connectivity index (χ3v) is 5.43. The van der Waals surface area contributed by atoms with Gasteiger partial charge in [-0.1, -0.05) is 47.5 Å². The molecule has 0 aliphatic carbocycles. The van der Waals surface area contributed by atoms with Crippen molar-refractivity contribution in [1.29, 1.82) is 0 Å². The molecule has 0 unspecified atom stereocenters. The van der Waals surface area contributed by atoms with Crippen molar-refractivity contribution in [3.05, 3.63) is 70.2 Å². The minimum Gasteiger partial charge on any atom is -0.326 e. The van der Waals surface area contributed by atoms with Gasteiger partial charge in [0.05, 0.1) is 0 Å². The monoisotopic (exact) mass is 367 g/mol. The number of nitrogens with zero attached hydrogens (tertiary/aromatic N) is 2. The Morgan fingerprint density at radius 1 is 1.15 bits per heavy atom. The molecule has 2 aromatic rings. The van der Waals surface area contributed by atoms with Crippen molar-refractivity contribution < 1.29 is 4.79 Å². The van der Waals surface area contributed by atoms with Gasteiger partial charge in [0.1, 0.15) is 11.4 Å². The molecule has 5 heteroatoms. The summed E-state index contributed by atoms with van der Waals surface area (Å²) in [5.74, 6) is -0.0539. The van der Waals surface area contributed by atoms with Crippen LogP contribution in [-0.4, -0.2) is 35.3 Å². The number of aryl methyl sites for hydroxylation is 1. The Morgan fingerprint density at radius 3 is 2.58 bits per heavy atom. The van der Waals surface area contributed by atoms with E-state index in [1.807, 2.05) is 43.3 Å². The lowest BCUT2D eigenvalue weighted by Gasteiger charge is -2.37.